The zero-order chi connectivity index (χ0) is 13.5. The molecule has 0 radical (unpaired) electrons. The molecule has 0 atom stereocenters. The molecule has 4 nitrogen and oxygen atoms in total. The molecule has 0 spiro atoms. The van der Waals surface area contributed by atoms with E-state index in [0.717, 1.165) is 0 Å². The first-order valence-corrected chi connectivity index (χ1v) is 5.82. The van der Waals surface area contributed by atoms with E-state index in [1.54, 1.807) is 12.1 Å². The summed E-state index contributed by atoms with van der Waals surface area (Å²) in [5.41, 5.74) is 0.848. The quantitative estimate of drug-likeness (QED) is 0.806. The zero-order valence-electron chi connectivity index (χ0n) is 9.94. The molecular formula is C13H14ClNO3. The van der Waals surface area contributed by atoms with Gasteiger partial charge in [-0.15, -0.1) is 0 Å². The number of rotatable bonds is 5. The Hall–Kier alpha value is -1.81. The number of halogens is 1. The lowest BCUT2D eigenvalue weighted by atomic mass is 10.1. The van der Waals surface area contributed by atoms with E-state index in [4.69, 9.17) is 16.7 Å². The number of carbonyl (C=O) groups excluding carboxylic acids is 1. The van der Waals surface area contributed by atoms with Crippen LogP contribution in [0.4, 0.5) is 0 Å². The second kappa shape index (κ2) is 6.81. The Labute approximate surface area is 110 Å². The molecule has 1 aromatic carbocycles. The maximum atomic E-state index is 10.8. The smallest absolute Gasteiger partial charge is 0.335 e. The highest BCUT2D eigenvalue weighted by molar-refractivity contribution is 6.32. The summed E-state index contributed by atoms with van der Waals surface area (Å²) in [6.45, 7) is 2.00. The van der Waals surface area contributed by atoms with Gasteiger partial charge in [-0.3, -0.25) is 4.79 Å². The molecule has 0 fully saturated rings. The molecule has 0 bridgehead atoms. The molecule has 0 saturated carbocycles. The minimum absolute atomic E-state index is 0.0747. The molecule has 0 aliphatic rings. The van der Waals surface area contributed by atoms with Gasteiger partial charge >= 0.3 is 5.97 Å². The average Bonchev–Trinajstić information content (AvgIpc) is 2.30. The largest absolute Gasteiger partial charge is 0.478 e. The summed E-state index contributed by atoms with van der Waals surface area (Å²) in [6.07, 6.45) is 4.24. The lowest BCUT2D eigenvalue weighted by molar-refractivity contribution is -0.118. The summed E-state index contributed by atoms with van der Waals surface area (Å²) in [4.78, 5) is 21.4. The van der Waals surface area contributed by atoms with Gasteiger partial charge in [0.2, 0.25) is 5.91 Å². The molecule has 0 saturated heterocycles. The molecule has 1 aromatic rings. The first kappa shape index (κ1) is 14.3. The van der Waals surface area contributed by atoms with Gasteiger partial charge in [-0.1, -0.05) is 23.8 Å². The van der Waals surface area contributed by atoms with Gasteiger partial charge in [-0.05, 0) is 30.2 Å². The van der Waals surface area contributed by atoms with Gasteiger partial charge in [-0.25, -0.2) is 4.79 Å². The van der Waals surface area contributed by atoms with E-state index in [0.29, 0.717) is 23.6 Å². The van der Waals surface area contributed by atoms with E-state index in [-0.39, 0.29) is 11.5 Å². The van der Waals surface area contributed by atoms with Crippen molar-refractivity contribution in [2.75, 3.05) is 6.54 Å². The first-order chi connectivity index (χ1) is 8.50. The van der Waals surface area contributed by atoms with E-state index >= 15 is 0 Å². The number of nitrogens with one attached hydrogen (secondary N) is 1. The minimum atomic E-state index is -0.987. The highest BCUT2D eigenvalue weighted by atomic mass is 35.5. The summed E-state index contributed by atoms with van der Waals surface area (Å²) >= 11 is 5.95. The zero-order valence-corrected chi connectivity index (χ0v) is 10.7. The van der Waals surface area contributed by atoms with Crippen molar-refractivity contribution in [1.29, 1.82) is 0 Å². The second-order valence-electron chi connectivity index (χ2n) is 3.72. The van der Waals surface area contributed by atoms with Crippen LogP contribution in [0.2, 0.25) is 5.02 Å². The van der Waals surface area contributed by atoms with Gasteiger partial charge in [0.25, 0.3) is 0 Å². The fraction of sp³-hybridized carbons (Fsp3) is 0.231. The Morgan fingerprint density at radius 1 is 1.44 bits per heavy atom. The van der Waals surface area contributed by atoms with Gasteiger partial charge in [0.1, 0.15) is 0 Å². The van der Waals surface area contributed by atoms with E-state index in [1.807, 2.05) is 6.08 Å². The van der Waals surface area contributed by atoms with Gasteiger partial charge in [0, 0.05) is 18.5 Å². The number of carboxylic acid groups (broad SMARTS) is 1. The molecule has 0 aliphatic carbocycles. The molecule has 1 rings (SSSR count). The Morgan fingerprint density at radius 3 is 2.78 bits per heavy atom. The fourth-order valence-electron chi connectivity index (χ4n) is 1.35. The number of aromatic carboxylic acids is 1. The lowest BCUT2D eigenvalue weighted by Crippen LogP contribution is -2.20. The first-order valence-electron chi connectivity index (χ1n) is 5.44. The molecule has 96 valence electrons. The molecule has 0 aliphatic heterocycles. The van der Waals surface area contributed by atoms with E-state index in [9.17, 15) is 9.59 Å². The molecule has 0 aromatic heterocycles. The number of carbonyl (C=O) groups is 2. The van der Waals surface area contributed by atoms with Gasteiger partial charge in [0.15, 0.2) is 0 Å². The third kappa shape index (κ3) is 4.59. The predicted octanol–water partition coefficient (Wildman–Crippen LogP) is 2.58. The fourth-order valence-corrected chi connectivity index (χ4v) is 1.53. The second-order valence-corrected chi connectivity index (χ2v) is 4.12. The summed E-state index contributed by atoms with van der Waals surface area (Å²) < 4.78 is 0. The maximum Gasteiger partial charge on any atom is 0.335 e. The summed E-state index contributed by atoms with van der Waals surface area (Å²) in [6, 6.07) is 4.53. The number of hydrogen-bond acceptors (Lipinski definition) is 2. The van der Waals surface area contributed by atoms with Crippen molar-refractivity contribution in [3.05, 3.63) is 40.4 Å². The molecule has 0 heterocycles. The van der Waals surface area contributed by atoms with E-state index < -0.39 is 5.97 Å². The van der Waals surface area contributed by atoms with Crippen molar-refractivity contribution >= 4 is 29.6 Å². The minimum Gasteiger partial charge on any atom is -0.478 e. The highest BCUT2D eigenvalue weighted by Crippen LogP contribution is 2.19. The van der Waals surface area contributed by atoms with Crippen LogP contribution in [0.5, 0.6) is 0 Å². The molecule has 18 heavy (non-hydrogen) atoms. The Morgan fingerprint density at radius 2 is 2.17 bits per heavy atom. The van der Waals surface area contributed by atoms with E-state index in [2.05, 4.69) is 5.32 Å². The van der Waals surface area contributed by atoms with Crippen LogP contribution < -0.4 is 5.32 Å². The normalized spacial score (nSPS) is 10.6. The highest BCUT2D eigenvalue weighted by Gasteiger charge is 2.04. The Kier molecular flexibility index (Phi) is 5.39. The van der Waals surface area contributed by atoms with Crippen LogP contribution in [0.3, 0.4) is 0 Å². The number of hydrogen-bond donors (Lipinski definition) is 2. The van der Waals surface area contributed by atoms with Gasteiger partial charge in [-0.2, -0.15) is 0 Å². The van der Waals surface area contributed by atoms with Crippen LogP contribution in [-0.2, 0) is 4.79 Å². The molecule has 1 amide bonds. The summed E-state index contributed by atoms with van der Waals surface area (Å²) in [5.74, 6) is -1.06. The van der Waals surface area contributed by atoms with Crippen LogP contribution >= 0.6 is 11.6 Å². The topological polar surface area (TPSA) is 66.4 Å². The standard InChI is InChI=1S/C13H14ClNO3/c1-9(16)15-7-3-2-4-10-8-11(13(17)18)5-6-12(10)14/h2,4-6,8H,3,7H2,1H3,(H,15,16)(H,17,18). The van der Waals surface area contributed by atoms with Crippen LogP contribution in [-0.4, -0.2) is 23.5 Å². The number of carboxylic acids is 1. The number of amides is 1. The third-order valence-corrected chi connectivity index (χ3v) is 2.57. The maximum absolute atomic E-state index is 10.8. The summed E-state index contributed by atoms with van der Waals surface area (Å²) in [7, 11) is 0. The SMILES string of the molecule is CC(=O)NCCC=Cc1cc(C(=O)O)ccc1Cl. The van der Waals surface area contributed by atoms with Crippen molar-refractivity contribution in [3.63, 3.8) is 0 Å². The van der Waals surface area contributed by atoms with Crippen molar-refractivity contribution in [3.8, 4) is 0 Å². The molecule has 0 unspecified atom stereocenters. The third-order valence-electron chi connectivity index (χ3n) is 2.23. The van der Waals surface area contributed by atoms with Crippen LogP contribution in [0, 0.1) is 0 Å². The average molecular weight is 268 g/mol. The monoisotopic (exact) mass is 267 g/mol. The van der Waals surface area contributed by atoms with E-state index in [1.165, 1.54) is 19.1 Å². The summed E-state index contributed by atoms with van der Waals surface area (Å²) in [5, 5.41) is 12.0. The van der Waals surface area contributed by atoms with Crippen molar-refractivity contribution < 1.29 is 14.7 Å². The van der Waals surface area contributed by atoms with Crippen molar-refractivity contribution in [1.82, 2.24) is 5.32 Å². The Balaban J connectivity index is 2.65. The van der Waals surface area contributed by atoms with Crippen LogP contribution in [0.25, 0.3) is 6.08 Å². The molecule has 2 N–H and O–H groups in total. The Bertz CT molecular complexity index is 483. The van der Waals surface area contributed by atoms with Crippen LogP contribution in [0.1, 0.15) is 29.3 Å². The van der Waals surface area contributed by atoms with Crippen molar-refractivity contribution in [2.45, 2.75) is 13.3 Å². The lowest BCUT2D eigenvalue weighted by Gasteiger charge is -2.01. The number of benzene rings is 1. The van der Waals surface area contributed by atoms with Crippen molar-refractivity contribution in [2.24, 2.45) is 0 Å². The van der Waals surface area contributed by atoms with Gasteiger partial charge in [0.05, 0.1) is 5.56 Å². The molecular weight excluding hydrogens is 254 g/mol. The van der Waals surface area contributed by atoms with Crippen LogP contribution in [0.15, 0.2) is 24.3 Å². The predicted molar refractivity (Wildman–Crippen MR) is 70.7 cm³/mol. The molecule has 5 heteroatoms. The van der Waals surface area contributed by atoms with Gasteiger partial charge < -0.3 is 10.4 Å².